The van der Waals surface area contributed by atoms with Crippen molar-refractivity contribution in [2.45, 2.75) is 31.5 Å². The Hall–Kier alpha value is -2.08. The molecule has 2 atom stereocenters. The minimum atomic E-state index is -0.941. The first kappa shape index (κ1) is 13.9. The zero-order valence-electron chi connectivity index (χ0n) is 11.5. The summed E-state index contributed by atoms with van der Waals surface area (Å²) in [6.07, 6.45) is 0.429. The van der Waals surface area contributed by atoms with E-state index >= 15 is 0 Å². The second-order valence-corrected chi connectivity index (χ2v) is 5.23. The van der Waals surface area contributed by atoms with Crippen molar-refractivity contribution in [3.05, 3.63) is 24.3 Å². The molecule has 0 radical (unpaired) electrons. The number of hydrogen-bond donors (Lipinski definition) is 1. The Morgan fingerprint density at radius 2 is 2.14 bits per heavy atom. The molecule has 0 spiro atoms. The highest BCUT2D eigenvalue weighted by Gasteiger charge is 2.34. The minimum absolute atomic E-state index is 0.0256. The third kappa shape index (κ3) is 2.85. The van der Waals surface area contributed by atoms with E-state index in [4.69, 9.17) is 14.6 Å². The molecule has 0 aromatic heterocycles. The van der Waals surface area contributed by atoms with Gasteiger partial charge in [-0.15, -0.1) is 0 Å². The first-order valence-corrected chi connectivity index (χ1v) is 7.05. The van der Waals surface area contributed by atoms with Crippen molar-refractivity contribution in [1.82, 2.24) is 0 Å². The number of carboxylic acids is 1. The fourth-order valence-corrected chi connectivity index (χ4v) is 2.75. The lowest BCUT2D eigenvalue weighted by atomic mass is 10.1. The van der Waals surface area contributed by atoms with Crippen molar-refractivity contribution in [3.63, 3.8) is 0 Å². The number of carbonyl (C=O) groups excluding carboxylic acids is 1. The maximum Gasteiger partial charge on any atom is 0.332 e. The average Bonchev–Trinajstić information content (AvgIpc) is 2.88. The van der Waals surface area contributed by atoms with Gasteiger partial charge in [0.1, 0.15) is 5.75 Å². The van der Waals surface area contributed by atoms with Crippen LogP contribution in [0.1, 0.15) is 19.3 Å². The van der Waals surface area contributed by atoms with Crippen molar-refractivity contribution in [1.29, 1.82) is 0 Å². The lowest BCUT2D eigenvalue weighted by Gasteiger charge is -2.25. The standard InChI is InChI=1S/C15H17NO5/c17-14-7-8-20-12-4-2-1-3-11(12)16(14)9-10-5-6-13(21-10)15(18)19/h1-4,10,13H,5-9H2,(H,18,19). The number of carboxylic acid groups (broad SMARTS) is 1. The summed E-state index contributed by atoms with van der Waals surface area (Å²) in [5.41, 5.74) is 0.724. The molecular weight excluding hydrogens is 274 g/mol. The van der Waals surface area contributed by atoms with Gasteiger partial charge in [0, 0.05) is 0 Å². The Morgan fingerprint density at radius 3 is 2.90 bits per heavy atom. The molecule has 0 saturated carbocycles. The highest BCUT2D eigenvalue weighted by molar-refractivity contribution is 5.95. The van der Waals surface area contributed by atoms with E-state index < -0.39 is 12.1 Å². The maximum atomic E-state index is 12.3. The Kier molecular flexibility index (Phi) is 3.79. The number of nitrogens with zero attached hydrogens (tertiary/aromatic N) is 1. The molecule has 2 aliphatic rings. The Bertz CT molecular complexity index is 559. The van der Waals surface area contributed by atoms with Crippen molar-refractivity contribution in [2.75, 3.05) is 18.1 Å². The molecule has 1 N–H and O–H groups in total. The van der Waals surface area contributed by atoms with Crippen molar-refractivity contribution in [3.8, 4) is 5.75 Å². The topological polar surface area (TPSA) is 76.1 Å². The molecule has 0 bridgehead atoms. The molecule has 3 rings (SSSR count). The van der Waals surface area contributed by atoms with Crippen LogP contribution in [0.5, 0.6) is 5.75 Å². The quantitative estimate of drug-likeness (QED) is 0.911. The molecule has 2 heterocycles. The highest BCUT2D eigenvalue weighted by Crippen LogP contribution is 2.32. The van der Waals surface area contributed by atoms with Crippen LogP contribution in [0.4, 0.5) is 5.69 Å². The number of ether oxygens (including phenoxy) is 2. The van der Waals surface area contributed by atoms with Gasteiger partial charge in [0.05, 0.1) is 31.4 Å². The van der Waals surface area contributed by atoms with Gasteiger partial charge in [0.15, 0.2) is 6.10 Å². The zero-order chi connectivity index (χ0) is 14.8. The van der Waals surface area contributed by atoms with Crippen LogP contribution in [0.3, 0.4) is 0 Å². The van der Waals surface area contributed by atoms with Crippen LogP contribution in [0.25, 0.3) is 0 Å². The van der Waals surface area contributed by atoms with Gasteiger partial charge in [-0.1, -0.05) is 12.1 Å². The van der Waals surface area contributed by atoms with E-state index in [0.29, 0.717) is 38.2 Å². The van der Waals surface area contributed by atoms with Crippen LogP contribution in [-0.2, 0) is 14.3 Å². The van der Waals surface area contributed by atoms with Gasteiger partial charge < -0.3 is 19.5 Å². The largest absolute Gasteiger partial charge is 0.491 e. The van der Waals surface area contributed by atoms with Crippen molar-refractivity contribution >= 4 is 17.6 Å². The normalized spacial score (nSPS) is 25.1. The maximum absolute atomic E-state index is 12.3. The summed E-state index contributed by atoms with van der Waals surface area (Å²) in [5, 5.41) is 8.97. The lowest BCUT2D eigenvalue weighted by molar-refractivity contribution is -0.149. The summed E-state index contributed by atoms with van der Waals surface area (Å²) < 4.78 is 11.1. The second kappa shape index (κ2) is 5.73. The van der Waals surface area contributed by atoms with Gasteiger partial charge >= 0.3 is 5.97 Å². The van der Waals surface area contributed by atoms with E-state index in [0.717, 1.165) is 5.69 Å². The fraction of sp³-hybridized carbons (Fsp3) is 0.467. The molecule has 21 heavy (non-hydrogen) atoms. The van der Waals surface area contributed by atoms with Gasteiger partial charge in [0.2, 0.25) is 5.91 Å². The van der Waals surface area contributed by atoms with Gasteiger partial charge in [0.25, 0.3) is 0 Å². The van der Waals surface area contributed by atoms with E-state index in [-0.39, 0.29) is 12.0 Å². The van der Waals surface area contributed by atoms with E-state index in [9.17, 15) is 9.59 Å². The summed E-state index contributed by atoms with van der Waals surface area (Å²) in [5.74, 6) is -0.290. The average molecular weight is 291 g/mol. The van der Waals surface area contributed by atoms with E-state index in [1.54, 1.807) is 4.90 Å². The van der Waals surface area contributed by atoms with Crippen LogP contribution in [0.2, 0.25) is 0 Å². The molecule has 1 fully saturated rings. The smallest absolute Gasteiger partial charge is 0.332 e. The first-order valence-electron chi connectivity index (χ1n) is 7.05. The van der Waals surface area contributed by atoms with Crippen LogP contribution in [-0.4, -0.2) is 42.3 Å². The van der Waals surface area contributed by atoms with Crippen LogP contribution >= 0.6 is 0 Å². The summed E-state index contributed by atoms with van der Waals surface area (Å²) in [6.45, 7) is 0.721. The predicted octanol–water partition coefficient (Wildman–Crippen LogP) is 1.43. The molecule has 6 heteroatoms. The first-order chi connectivity index (χ1) is 10.1. The third-order valence-corrected chi connectivity index (χ3v) is 3.80. The number of carbonyl (C=O) groups is 2. The predicted molar refractivity (Wildman–Crippen MR) is 74.4 cm³/mol. The number of anilines is 1. The Labute approximate surface area is 122 Å². The van der Waals surface area contributed by atoms with Crippen molar-refractivity contribution in [2.24, 2.45) is 0 Å². The molecule has 2 aliphatic heterocycles. The van der Waals surface area contributed by atoms with Crippen LogP contribution < -0.4 is 9.64 Å². The monoisotopic (exact) mass is 291 g/mol. The van der Waals surface area contributed by atoms with Gasteiger partial charge in [-0.3, -0.25) is 4.79 Å². The third-order valence-electron chi connectivity index (χ3n) is 3.80. The van der Waals surface area contributed by atoms with Gasteiger partial charge in [-0.2, -0.15) is 0 Å². The molecular formula is C15H17NO5. The molecule has 1 aromatic rings. The summed E-state index contributed by atoms with van der Waals surface area (Å²) in [6, 6.07) is 7.38. The fourth-order valence-electron chi connectivity index (χ4n) is 2.75. The summed E-state index contributed by atoms with van der Waals surface area (Å²) in [4.78, 5) is 24.8. The minimum Gasteiger partial charge on any atom is -0.491 e. The number of aliphatic carboxylic acids is 1. The Morgan fingerprint density at radius 1 is 1.33 bits per heavy atom. The van der Waals surface area contributed by atoms with Crippen molar-refractivity contribution < 1.29 is 24.2 Å². The highest BCUT2D eigenvalue weighted by atomic mass is 16.5. The lowest BCUT2D eigenvalue weighted by Crippen LogP contribution is -2.37. The number of rotatable bonds is 3. The number of hydrogen-bond acceptors (Lipinski definition) is 4. The van der Waals surface area contributed by atoms with E-state index in [1.165, 1.54) is 0 Å². The molecule has 6 nitrogen and oxygen atoms in total. The second-order valence-electron chi connectivity index (χ2n) is 5.23. The number of benzene rings is 1. The zero-order valence-corrected chi connectivity index (χ0v) is 11.5. The summed E-state index contributed by atoms with van der Waals surface area (Å²) in [7, 11) is 0. The van der Waals surface area contributed by atoms with Crippen LogP contribution in [0, 0.1) is 0 Å². The number of fused-ring (bicyclic) bond motifs is 1. The van der Waals surface area contributed by atoms with Gasteiger partial charge in [-0.25, -0.2) is 4.79 Å². The molecule has 112 valence electrons. The number of amides is 1. The molecule has 0 aliphatic carbocycles. The molecule has 1 amide bonds. The number of para-hydroxylation sites is 2. The molecule has 1 aromatic carbocycles. The van der Waals surface area contributed by atoms with Crippen LogP contribution in [0.15, 0.2) is 24.3 Å². The van der Waals surface area contributed by atoms with E-state index in [1.807, 2.05) is 24.3 Å². The van der Waals surface area contributed by atoms with E-state index in [2.05, 4.69) is 0 Å². The SMILES string of the molecule is O=C(O)C1CCC(CN2C(=O)CCOc3ccccc32)O1. The molecule has 2 unspecified atom stereocenters. The van der Waals surface area contributed by atoms with Gasteiger partial charge in [-0.05, 0) is 25.0 Å². The Balaban J connectivity index is 1.77. The molecule has 1 saturated heterocycles. The summed E-state index contributed by atoms with van der Waals surface area (Å²) >= 11 is 0.